The zero-order chi connectivity index (χ0) is 19.3. The van der Waals surface area contributed by atoms with Crippen LogP contribution in [0.5, 0.6) is 11.5 Å². The van der Waals surface area contributed by atoms with Crippen LogP contribution in [-0.4, -0.2) is 37.3 Å². The van der Waals surface area contributed by atoms with Gasteiger partial charge in [-0.3, -0.25) is 4.18 Å². The Hall–Kier alpha value is -2.58. The highest BCUT2D eigenvalue weighted by Crippen LogP contribution is 2.25. The normalized spacial score (nSPS) is 12.5. The maximum absolute atomic E-state index is 12.2. The van der Waals surface area contributed by atoms with Crippen LogP contribution >= 0.6 is 0 Å². The van der Waals surface area contributed by atoms with E-state index >= 15 is 0 Å². The largest absolute Gasteiger partial charge is 0.507 e. The second kappa shape index (κ2) is 8.20. The number of carbonyl (C=O) groups is 1. The first-order valence-electron chi connectivity index (χ1n) is 7.92. The van der Waals surface area contributed by atoms with Crippen molar-refractivity contribution in [1.82, 2.24) is 0 Å². The predicted molar refractivity (Wildman–Crippen MR) is 94.1 cm³/mol. The number of ether oxygens (including phenoxy) is 1. The number of rotatable bonds is 8. The van der Waals surface area contributed by atoms with Crippen molar-refractivity contribution in [3.63, 3.8) is 0 Å². The summed E-state index contributed by atoms with van der Waals surface area (Å²) in [5, 5.41) is 18.6. The van der Waals surface area contributed by atoms with Crippen molar-refractivity contribution < 1.29 is 32.3 Å². The number of phenols is 1. The summed E-state index contributed by atoms with van der Waals surface area (Å²) in [5.74, 6) is -1.47. The van der Waals surface area contributed by atoms with E-state index in [-0.39, 0.29) is 22.8 Å². The molecule has 2 aromatic rings. The van der Waals surface area contributed by atoms with Crippen molar-refractivity contribution in [2.75, 3.05) is 6.61 Å². The lowest BCUT2D eigenvalue weighted by molar-refractivity contribution is 0.0693. The lowest BCUT2D eigenvalue weighted by atomic mass is 10.2. The Morgan fingerprint density at radius 3 is 2.50 bits per heavy atom. The number of benzene rings is 2. The van der Waals surface area contributed by atoms with Crippen molar-refractivity contribution in [2.24, 2.45) is 0 Å². The molecule has 0 aromatic heterocycles. The first kappa shape index (κ1) is 19.7. The molecule has 0 heterocycles. The molecule has 7 nitrogen and oxygen atoms in total. The second-order valence-corrected chi connectivity index (χ2v) is 7.30. The van der Waals surface area contributed by atoms with Crippen molar-refractivity contribution in [1.29, 1.82) is 0 Å². The topological polar surface area (TPSA) is 110 Å². The zero-order valence-electron chi connectivity index (χ0n) is 14.4. The number of carboxylic acids is 1. The van der Waals surface area contributed by atoms with Crippen molar-refractivity contribution >= 4 is 16.1 Å². The summed E-state index contributed by atoms with van der Waals surface area (Å²) < 4.78 is 35.2. The minimum absolute atomic E-state index is 0.0656. The predicted octanol–water partition coefficient (Wildman–Crippen LogP) is 2.96. The number of carboxylic acid groups (broad SMARTS) is 1. The van der Waals surface area contributed by atoms with Gasteiger partial charge in [-0.2, -0.15) is 8.42 Å². The van der Waals surface area contributed by atoms with Crippen molar-refractivity contribution in [3.8, 4) is 11.5 Å². The summed E-state index contributed by atoms with van der Waals surface area (Å²) in [6.07, 6.45) is -0.144. The van der Waals surface area contributed by atoms with Gasteiger partial charge in [0.05, 0.1) is 4.90 Å². The van der Waals surface area contributed by atoms with Gasteiger partial charge in [0.2, 0.25) is 0 Å². The van der Waals surface area contributed by atoms with Gasteiger partial charge in [0, 0.05) is 6.07 Å². The van der Waals surface area contributed by atoms with Gasteiger partial charge >= 0.3 is 5.97 Å². The minimum atomic E-state index is -3.91. The van der Waals surface area contributed by atoms with Crippen LogP contribution in [0.4, 0.5) is 0 Å². The highest BCUT2D eigenvalue weighted by molar-refractivity contribution is 7.86. The van der Waals surface area contributed by atoms with E-state index in [9.17, 15) is 18.3 Å². The first-order valence-corrected chi connectivity index (χ1v) is 9.33. The van der Waals surface area contributed by atoms with Gasteiger partial charge < -0.3 is 14.9 Å². The summed E-state index contributed by atoms with van der Waals surface area (Å²) in [7, 11) is -3.91. The SMILES string of the molecule is CCC(COS(=O)(=O)c1cccc(C)c1)Oc1ccc(C(=O)O)c(O)c1. The molecule has 0 saturated carbocycles. The van der Waals surface area contributed by atoms with Crippen LogP contribution in [0.1, 0.15) is 29.3 Å². The Morgan fingerprint density at radius 1 is 1.19 bits per heavy atom. The Balaban J connectivity index is 2.06. The van der Waals surface area contributed by atoms with E-state index in [4.69, 9.17) is 14.0 Å². The maximum atomic E-state index is 12.2. The summed E-state index contributed by atoms with van der Waals surface area (Å²) in [6, 6.07) is 10.1. The van der Waals surface area contributed by atoms with Crippen LogP contribution in [0.15, 0.2) is 47.4 Å². The van der Waals surface area contributed by atoms with E-state index < -0.39 is 27.9 Å². The molecule has 0 amide bonds. The molecule has 0 fully saturated rings. The van der Waals surface area contributed by atoms with Gasteiger partial charge in [0.1, 0.15) is 29.8 Å². The molecule has 0 radical (unpaired) electrons. The Bertz CT molecular complexity index is 890. The second-order valence-electron chi connectivity index (χ2n) is 5.69. The van der Waals surface area contributed by atoms with E-state index in [0.717, 1.165) is 5.56 Å². The van der Waals surface area contributed by atoms with Crippen LogP contribution in [0.2, 0.25) is 0 Å². The molecule has 0 bridgehead atoms. The average Bonchev–Trinajstić information content (AvgIpc) is 2.58. The van der Waals surface area contributed by atoms with E-state index in [0.29, 0.717) is 6.42 Å². The first-order chi connectivity index (χ1) is 12.2. The third-order valence-corrected chi connectivity index (χ3v) is 4.92. The molecule has 0 aliphatic heterocycles. The number of hydrogen-bond acceptors (Lipinski definition) is 6. The summed E-state index contributed by atoms with van der Waals surface area (Å²) >= 11 is 0. The Labute approximate surface area is 151 Å². The van der Waals surface area contributed by atoms with Crippen LogP contribution in [0.3, 0.4) is 0 Å². The van der Waals surface area contributed by atoms with Crippen molar-refractivity contribution in [3.05, 3.63) is 53.6 Å². The lowest BCUT2D eigenvalue weighted by Crippen LogP contribution is -2.24. The number of aromatic carboxylic acids is 1. The van der Waals surface area contributed by atoms with Crippen LogP contribution < -0.4 is 4.74 Å². The quantitative estimate of drug-likeness (QED) is 0.677. The molecule has 26 heavy (non-hydrogen) atoms. The molecule has 0 aliphatic rings. The number of aryl methyl sites for hydroxylation is 1. The summed E-state index contributed by atoms with van der Waals surface area (Å²) in [6.45, 7) is 3.36. The maximum Gasteiger partial charge on any atom is 0.339 e. The highest BCUT2D eigenvalue weighted by Gasteiger charge is 2.19. The molecule has 2 rings (SSSR count). The van der Waals surface area contributed by atoms with E-state index in [1.165, 1.54) is 30.3 Å². The van der Waals surface area contributed by atoms with Gasteiger partial charge in [-0.15, -0.1) is 0 Å². The standard InChI is InChI=1S/C18H20O7S/c1-3-13(25-14-7-8-16(18(20)21)17(19)10-14)11-24-26(22,23)15-6-4-5-12(2)9-15/h4-10,13,19H,3,11H2,1-2H3,(H,20,21). The molecular weight excluding hydrogens is 360 g/mol. The monoisotopic (exact) mass is 380 g/mol. The van der Waals surface area contributed by atoms with Gasteiger partial charge in [0.15, 0.2) is 0 Å². The number of aromatic hydroxyl groups is 1. The van der Waals surface area contributed by atoms with Crippen LogP contribution in [0, 0.1) is 6.92 Å². The minimum Gasteiger partial charge on any atom is -0.507 e. The molecule has 0 spiro atoms. The zero-order valence-corrected chi connectivity index (χ0v) is 15.2. The molecule has 1 unspecified atom stereocenters. The fraction of sp³-hybridized carbons (Fsp3) is 0.278. The molecular formula is C18H20O7S. The summed E-state index contributed by atoms with van der Waals surface area (Å²) in [5.41, 5.74) is 0.552. The third-order valence-electron chi connectivity index (χ3n) is 3.64. The number of hydrogen-bond donors (Lipinski definition) is 2. The molecule has 0 saturated heterocycles. The van der Waals surface area contributed by atoms with E-state index in [1.807, 2.05) is 0 Å². The molecule has 2 N–H and O–H groups in total. The van der Waals surface area contributed by atoms with Gasteiger partial charge in [-0.05, 0) is 43.2 Å². The molecule has 0 aliphatic carbocycles. The molecule has 1 atom stereocenters. The van der Waals surface area contributed by atoms with Crippen molar-refractivity contribution in [2.45, 2.75) is 31.3 Å². The van der Waals surface area contributed by atoms with Crippen LogP contribution in [0.25, 0.3) is 0 Å². The van der Waals surface area contributed by atoms with Gasteiger partial charge in [-0.1, -0.05) is 19.1 Å². The molecule has 8 heteroatoms. The lowest BCUT2D eigenvalue weighted by Gasteiger charge is -2.18. The fourth-order valence-corrected chi connectivity index (χ4v) is 3.24. The highest BCUT2D eigenvalue weighted by atomic mass is 32.2. The average molecular weight is 380 g/mol. The smallest absolute Gasteiger partial charge is 0.339 e. The third kappa shape index (κ3) is 4.96. The Kier molecular flexibility index (Phi) is 6.23. The Morgan fingerprint density at radius 2 is 1.92 bits per heavy atom. The fourth-order valence-electron chi connectivity index (χ4n) is 2.20. The van der Waals surface area contributed by atoms with E-state index in [2.05, 4.69) is 0 Å². The molecule has 2 aromatic carbocycles. The molecule has 140 valence electrons. The summed E-state index contributed by atoms with van der Waals surface area (Å²) in [4.78, 5) is 11.0. The van der Waals surface area contributed by atoms with Gasteiger partial charge in [-0.25, -0.2) is 4.79 Å². The van der Waals surface area contributed by atoms with Gasteiger partial charge in [0.25, 0.3) is 10.1 Å². The van der Waals surface area contributed by atoms with Crippen LogP contribution in [-0.2, 0) is 14.3 Å². The van der Waals surface area contributed by atoms with E-state index in [1.54, 1.807) is 26.0 Å².